The minimum Gasteiger partial charge on any atom is -0.462 e. The quantitative estimate of drug-likeness (QED) is 0.0348. The average molecular weight is 779 g/mol. The van der Waals surface area contributed by atoms with Crippen molar-refractivity contribution in [2.45, 2.75) is 272 Å². The van der Waals surface area contributed by atoms with Crippen molar-refractivity contribution in [3.63, 3.8) is 0 Å². The van der Waals surface area contributed by atoms with Gasteiger partial charge in [0.1, 0.15) is 13.2 Å². The molecule has 6 nitrogen and oxygen atoms in total. The van der Waals surface area contributed by atoms with E-state index in [2.05, 4.69) is 34.6 Å². The number of hydrogen-bond acceptors (Lipinski definition) is 6. The molecule has 0 heterocycles. The fourth-order valence-corrected chi connectivity index (χ4v) is 7.28. The van der Waals surface area contributed by atoms with E-state index in [-0.39, 0.29) is 31.1 Å². The minimum absolute atomic E-state index is 0.0650. The van der Waals surface area contributed by atoms with Gasteiger partial charge in [-0.1, -0.05) is 227 Å². The molecule has 0 radical (unpaired) electrons. The van der Waals surface area contributed by atoms with E-state index in [1.54, 1.807) is 0 Å². The Labute approximate surface area is 342 Å². The first-order valence-electron chi connectivity index (χ1n) is 24.2. The van der Waals surface area contributed by atoms with Crippen LogP contribution in [0.4, 0.5) is 0 Å². The smallest absolute Gasteiger partial charge is 0.306 e. The zero-order chi connectivity index (χ0) is 40.5. The Morgan fingerprint density at radius 1 is 0.345 bits per heavy atom. The van der Waals surface area contributed by atoms with E-state index in [1.807, 2.05) is 0 Å². The predicted molar refractivity (Wildman–Crippen MR) is 233 cm³/mol. The lowest BCUT2D eigenvalue weighted by atomic mass is 10.0. The van der Waals surface area contributed by atoms with E-state index in [0.717, 1.165) is 76.0 Å². The van der Waals surface area contributed by atoms with Crippen molar-refractivity contribution in [2.24, 2.45) is 11.8 Å². The molecule has 0 unspecified atom stereocenters. The van der Waals surface area contributed by atoms with Crippen molar-refractivity contribution in [2.75, 3.05) is 13.2 Å². The Kier molecular flexibility index (Phi) is 40.8. The summed E-state index contributed by atoms with van der Waals surface area (Å²) in [6.07, 6.45) is 41.2. The summed E-state index contributed by atoms with van der Waals surface area (Å²) in [5, 5.41) is 0. The molecule has 0 amide bonds. The second-order valence-corrected chi connectivity index (χ2v) is 17.7. The Bertz CT molecular complexity index is 839. The van der Waals surface area contributed by atoms with E-state index in [4.69, 9.17) is 14.2 Å². The molecule has 0 N–H and O–H groups in total. The summed E-state index contributed by atoms with van der Waals surface area (Å²) in [5.74, 6) is 0.812. The lowest BCUT2D eigenvalue weighted by Crippen LogP contribution is -2.30. The molecule has 0 aliphatic rings. The van der Waals surface area contributed by atoms with Gasteiger partial charge in [-0.3, -0.25) is 14.4 Å². The van der Waals surface area contributed by atoms with Crippen LogP contribution in [0.15, 0.2) is 0 Å². The molecule has 0 aromatic heterocycles. The fraction of sp³-hybridized carbons (Fsp3) is 0.939. The van der Waals surface area contributed by atoms with E-state index >= 15 is 0 Å². The molecule has 0 rings (SSSR count). The van der Waals surface area contributed by atoms with Crippen LogP contribution in [-0.2, 0) is 28.6 Å². The predicted octanol–water partition coefficient (Wildman–Crippen LogP) is 15.4. The standard InChI is InChI=1S/C49H94O6/c1-6-7-8-27-34-39-47(50)53-42-46(55-49(52)41-36-31-26-22-18-14-10-12-16-20-24-29-33-38-45(4)5)43-54-48(51)40-35-30-25-21-17-13-9-11-15-19-23-28-32-37-44(2)3/h44-46H,6-43H2,1-5H3/t46-/m0/s1. The molecule has 0 aromatic carbocycles. The molecule has 0 aliphatic heterocycles. The zero-order valence-electron chi connectivity index (χ0n) is 37.6. The third kappa shape index (κ3) is 43.4. The molecule has 0 saturated heterocycles. The van der Waals surface area contributed by atoms with Gasteiger partial charge in [0.25, 0.3) is 0 Å². The van der Waals surface area contributed by atoms with Crippen LogP contribution in [0, 0.1) is 11.8 Å². The largest absolute Gasteiger partial charge is 0.462 e. The van der Waals surface area contributed by atoms with E-state index in [1.165, 1.54) is 148 Å². The van der Waals surface area contributed by atoms with Gasteiger partial charge in [0.15, 0.2) is 6.10 Å². The topological polar surface area (TPSA) is 78.9 Å². The van der Waals surface area contributed by atoms with Crippen LogP contribution in [0.25, 0.3) is 0 Å². The molecular formula is C49H94O6. The highest BCUT2D eigenvalue weighted by Gasteiger charge is 2.19. The summed E-state index contributed by atoms with van der Waals surface area (Å²) >= 11 is 0. The lowest BCUT2D eigenvalue weighted by molar-refractivity contribution is -0.167. The molecule has 326 valence electrons. The third-order valence-corrected chi connectivity index (χ3v) is 11.0. The summed E-state index contributed by atoms with van der Waals surface area (Å²) < 4.78 is 16.7. The van der Waals surface area contributed by atoms with Gasteiger partial charge in [-0.25, -0.2) is 0 Å². The van der Waals surface area contributed by atoms with Gasteiger partial charge >= 0.3 is 17.9 Å². The van der Waals surface area contributed by atoms with Crippen LogP contribution >= 0.6 is 0 Å². The molecule has 1 atom stereocenters. The van der Waals surface area contributed by atoms with Crippen molar-refractivity contribution in [3.8, 4) is 0 Å². The normalized spacial score (nSPS) is 12.1. The molecule has 0 spiro atoms. The lowest BCUT2D eigenvalue weighted by Gasteiger charge is -2.18. The highest BCUT2D eigenvalue weighted by molar-refractivity contribution is 5.71. The van der Waals surface area contributed by atoms with Crippen molar-refractivity contribution < 1.29 is 28.6 Å². The Morgan fingerprint density at radius 2 is 0.600 bits per heavy atom. The Morgan fingerprint density at radius 3 is 0.891 bits per heavy atom. The zero-order valence-corrected chi connectivity index (χ0v) is 37.6. The second kappa shape index (κ2) is 42.0. The average Bonchev–Trinajstić information content (AvgIpc) is 3.15. The van der Waals surface area contributed by atoms with Crippen LogP contribution in [-0.4, -0.2) is 37.2 Å². The molecule has 55 heavy (non-hydrogen) atoms. The molecule has 6 heteroatoms. The molecule has 0 aliphatic carbocycles. The number of carbonyl (C=O) groups is 3. The van der Waals surface area contributed by atoms with Gasteiger partial charge in [-0.05, 0) is 31.1 Å². The summed E-state index contributed by atoms with van der Waals surface area (Å²) in [7, 11) is 0. The maximum atomic E-state index is 12.7. The number of unbranched alkanes of at least 4 members (excludes halogenated alkanes) is 28. The van der Waals surface area contributed by atoms with Crippen LogP contribution < -0.4 is 0 Å². The van der Waals surface area contributed by atoms with Crippen LogP contribution in [0.5, 0.6) is 0 Å². The molecular weight excluding hydrogens is 685 g/mol. The summed E-state index contributed by atoms with van der Waals surface area (Å²) in [6.45, 7) is 11.3. The van der Waals surface area contributed by atoms with Crippen LogP contribution in [0.1, 0.15) is 266 Å². The third-order valence-electron chi connectivity index (χ3n) is 11.0. The number of rotatable bonds is 43. The van der Waals surface area contributed by atoms with E-state index in [9.17, 15) is 14.4 Å². The van der Waals surface area contributed by atoms with Gasteiger partial charge in [-0.15, -0.1) is 0 Å². The molecule has 0 fully saturated rings. The van der Waals surface area contributed by atoms with Gasteiger partial charge in [0, 0.05) is 19.3 Å². The fourth-order valence-electron chi connectivity index (χ4n) is 7.28. The monoisotopic (exact) mass is 779 g/mol. The second-order valence-electron chi connectivity index (χ2n) is 17.7. The number of hydrogen-bond donors (Lipinski definition) is 0. The van der Waals surface area contributed by atoms with Gasteiger partial charge < -0.3 is 14.2 Å². The number of ether oxygens (including phenoxy) is 3. The highest BCUT2D eigenvalue weighted by Crippen LogP contribution is 2.17. The first kappa shape index (κ1) is 53.4. The van der Waals surface area contributed by atoms with Crippen molar-refractivity contribution in [3.05, 3.63) is 0 Å². The molecule has 0 bridgehead atoms. The minimum atomic E-state index is -0.759. The summed E-state index contributed by atoms with van der Waals surface area (Å²) in [5.41, 5.74) is 0. The van der Waals surface area contributed by atoms with Gasteiger partial charge in [-0.2, -0.15) is 0 Å². The SMILES string of the molecule is CCCCCCCC(=O)OC[C@@H](COC(=O)CCCCCCCCCCCCCCCC(C)C)OC(=O)CCCCCCCCCCCCCCCC(C)C. The molecule has 0 saturated carbocycles. The van der Waals surface area contributed by atoms with Gasteiger partial charge in [0.05, 0.1) is 0 Å². The Balaban J connectivity index is 4.14. The van der Waals surface area contributed by atoms with Crippen LogP contribution in [0.2, 0.25) is 0 Å². The number of carbonyl (C=O) groups excluding carboxylic acids is 3. The van der Waals surface area contributed by atoms with E-state index < -0.39 is 6.10 Å². The first-order chi connectivity index (χ1) is 26.7. The van der Waals surface area contributed by atoms with Crippen molar-refractivity contribution in [1.29, 1.82) is 0 Å². The maximum Gasteiger partial charge on any atom is 0.306 e. The van der Waals surface area contributed by atoms with Gasteiger partial charge in [0.2, 0.25) is 0 Å². The van der Waals surface area contributed by atoms with Crippen molar-refractivity contribution in [1.82, 2.24) is 0 Å². The Hall–Kier alpha value is -1.59. The summed E-state index contributed by atoms with van der Waals surface area (Å²) in [4.78, 5) is 37.6. The first-order valence-corrected chi connectivity index (χ1v) is 24.2. The van der Waals surface area contributed by atoms with E-state index in [0.29, 0.717) is 19.3 Å². The maximum absolute atomic E-state index is 12.7. The van der Waals surface area contributed by atoms with Crippen LogP contribution in [0.3, 0.4) is 0 Å². The summed E-state index contributed by atoms with van der Waals surface area (Å²) in [6, 6.07) is 0. The van der Waals surface area contributed by atoms with Crippen molar-refractivity contribution >= 4 is 17.9 Å². The molecule has 0 aromatic rings. The number of esters is 3. The highest BCUT2D eigenvalue weighted by atomic mass is 16.6.